The number of hydrogen-bond donors (Lipinski definition) is 2. The van der Waals surface area contributed by atoms with Crippen molar-refractivity contribution in [3.05, 3.63) is 60.7 Å². The molecule has 0 saturated carbocycles. The van der Waals surface area contributed by atoms with Crippen molar-refractivity contribution in [2.45, 2.75) is 109 Å². The molecule has 0 aliphatic rings. The topological polar surface area (TPSA) is 49.7 Å². The molecule has 2 aromatic rings. The molecule has 1 atom stereocenters. The molecule has 32 heavy (non-hydrogen) atoms. The van der Waals surface area contributed by atoms with Crippen LogP contribution in [0, 0.1) is 0 Å². The molecule has 0 heterocycles. The number of phenolic OH excluding ortho intramolecular Hbond substituents is 1. The molecule has 0 aromatic heterocycles. The maximum Gasteiger partial charge on any atom is 0.119 e. The predicted octanol–water partition coefficient (Wildman–Crippen LogP) is 9.78. The third-order valence-electron chi connectivity index (χ3n) is 1.99. The van der Waals surface area contributed by atoms with Crippen LogP contribution >= 0.6 is 0 Å². The summed E-state index contributed by atoms with van der Waals surface area (Å²) < 4.78 is 5.22. The number of aliphatic hydroxyl groups is 1. The summed E-state index contributed by atoms with van der Waals surface area (Å²) in [6, 6.07) is 18.2. The lowest BCUT2D eigenvalue weighted by atomic mass is 10.3. The molecule has 0 spiro atoms. The molecule has 192 valence electrons. The van der Waals surface area contributed by atoms with Crippen LogP contribution < -0.4 is 4.74 Å². The van der Waals surface area contributed by atoms with E-state index in [9.17, 15) is 0 Å². The highest BCUT2D eigenvalue weighted by molar-refractivity contribution is 5.20. The largest absolute Gasteiger partial charge is 0.508 e. The summed E-state index contributed by atoms with van der Waals surface area (Å²) in [4.78, 5) is 0. The van der Waals surface area contributed by atoms with E-state index in [0.29, 0.717) is 12.4 Å². The molecule has 0 radical (unpaired) electrons. The first kappa shape index (κ1) is 43.8. The monoisotopic (exact) mass is 454 g/mol. The lowest BCUT2D eigenvalue weighted by molar-refractivity contribution is 0.123. The molecule has 0 saturated heterocycles. The molecule has 0 aliphatic heterocycles. The van der Waals surface area contributed by atoms with Gasteiger partial charge in [0, 0.05) is 0 Å². The van der Waals surface area contributed by atoms with Gasteiger partial charge in [0.25, 0.3) is 0 Å². The molecule has 0 bridgehead atoms. The molecule has 3 nitrogen and oxygen atoms in total. The highest BCUT2D eigenvalue weighted by Crippen LogP contribution is 2.08. The van der Waals surface area contributed by atoms with Gasteiger partial charge in [-0.1, -0.05) is 132 Å². The molecule has 3 heteroatoms. The van der Waals surface area contributed by atoms with E-state index < -0.39 is 6.10 Å². The van der Waals surface area contributed by atoms with E-state index in [2.05, 4.69) is 27.7 Å². The zero-order valence-corrected chi connectivity index (χ0v) is 23.8. The lowest BCUT2D eigenvalue weighted by Crippen LogP contribution is -2.12. The zero-order chi connectivity index (χ0) is 26.6. The Bertz CT molecular complexity index is 440. The number of para-hydroxylation sites is 2. The van der Waals surface area contributed by atoms with E-state index in [1.54, 1.807) is 31.2 Å². The molecule has 1 unspecified atom stereocenters. The van der Waals surface area contributed by atoms with Crippen molar-refractivity contribution in [2.75, 3.05) is 6.61 Å². The summed E-state index contributed by atoms with van der Waals surface area (Å²) >= 11 is 0. The third-order valence-corrected chi connectivity index (χ3v) is 1.99. The second kappa shape index (κ2) is 51.6. The van der Waals surface area contributed by atoms with Gasteiger partial charge in [-0.25, -0.2) is 0 Å². The number of phenols is 1. The Morgan fingerprint density at radius 3 is 1.12 bits per heavy atom. The van der Waals surface area contributed by atoms with E-state index in [0.717, 1.165) is 5.75 Å². The predicted molar refractivity (Wildman–Crippen MR) is 149 cm³/mol. The minimum atomic E-state index is -0.407. The number of aliphatic hydroxyl groups excluding tert-OH is 1. The Hall–Kier alpha value is -2.00. The van der Waals surface area contributed by atoms with Crippen LogP contribution in [0.25, 0.3) is 0 Å². The first-order valence-corrected chi connectivity index (χ1v) is 12.6. The maximum absolute atomic E-state index is 8.89. The fourth-order valence-corrected chi connectivity index (χ4v) is 1.16. The lowest BCUT2D eigenvalue weighted by Gasteiger charge is -2.06. The summed E-state index contributed by atoms with van der Waals surface area (Å²) in [6.45, 7) is 26.5. The van der Waals surface area contributed by atoms with Crippen LogP contribution in [0.15, 0.2) is 60.7 Å². The van der Waals surface area contributed by atoms with Gasteiger partial charge in [0.1, 0.15) is 18.1 Å². The van der Waals surface area contributed by atoms with Crippen LogP contribution in [0.5, 0.6) is 11.5 Å². The third kappa shape index (κ3) is 56.5. The molecular formula is C29H58O3. The minimum absolute atomic E-state index is 0.322. The number of rotatable bonds is 3. The van der Waals surface area contributed by atoms with Crippen molar-refractivity contribution in [1.29, 1.82) is 0 Å². The molecule has 2 aromatic carbocycles. The van der Waals surface area contributed by atoms with Crippen LogP contribution in [0.3, 0.4) is 0 Å². The first-order valence-electron chi connectivity index (χ1n) is 12.6. The van der Waals surface area contributed by atoms with Crippen LogP contribution in [0.1, 0.15) is 103 Å². The summed E-state index contributed by atoms with van der Waals surface area (Å²) in [5, 5.41) is 17.5. The fourth-order valence-electron chi connectivity index (χ4n) is 1.16. The number of ether oxygens (including phenoxy) is 1. The van der Waals surface area contributed by atoms with Crippen molar-refractivity contribution in [1.82, 2.24) is 0 Å². The van der Waals surface area contributed by atoms with Gasteiger partial charge >= 0.3 is 0 Å². The van der Waals surface area contributed by atoms with Crippen molar-refractivity contribution in [2.24, 2.45) is 0 Å². The SMILES string of the molecule is CC.CC.CC.CC.CC(O)COc1ccccc1.CCC.CCC.Oc1ccccc1. The van der Waals surface area contributed by atoms with Gasteiger partial charge < -0.3 is 14.9 Å². The molecule has 2 N–H and O–H groups in total. The maximum atomic E-state index is 8.89. The average molecular weight is 455 g/mol. The van der Waals surface area contributed by atoms with E-state index in [1.165, 1.54) is 12.8 Å². The fraction of sp³-hybridized carbons (Fsp3) is 0.586. The second-order valence-corrected chi connectivity index (χ2v) is 5.22. The quantitative estimate of drug-likeness (QED) is 0.485. The molecule has 2 rings (SSSR count). The highest BCUT2D eigenvalue weighted by atomic mass is 16.5. The van der Waals surface area contributed by atoms with E-state index in [-0.39, 0.29) is 0 Å². The van der Waals surface area contributed by atoms with Crippen LogP contribution in [-0.4, -0.2) is 22.9 Å². The minimum Gasteiger partial charge on any atom is -0.508 e. The van der Waals surface area contributed by atoms with Gasteiger partial charge in [-0.2, -0.15) is 0 Å². The summed E-state index contributed by atoms with van der Waals surface area (Å²) in [5.41, 5.74) is 0. The van der Waals surface area contributed by atoms with Crippen molar-refractivity contribution >= 4 is 0 Å². The van der Waals surface area contributed by atoms with E-state index in [1.807, 2.05) is 91.8 Å². The summed E-state index contributed by atoms with van der Waals surface area (Å²) in [7, 11) is 0. The summed E-state index contributed by atoms with van der Waals surface area (Å²) in [6.07, 6.45) is 2.09. The Kier molecular flexibility index (Phi) is 70.6. The van der Waals surface area contributed by atoms with Crippen LogP contribution in [0.2, 0.25) is 0 Å². The second-order valence-electron chi connectivity index (χ2n) is 5.22. The zero-order valence-electron chi connectivity index (χ0n) is 23.8. The molecule has 0 fully saturated rings. The van der Waals surface area contributed by atoms with Gasteiger partial charge in [-0.3, -0.25) is 0 Å². The van der Waals surface area contributed by atoms with Crippen molar-refractivity contribution in [3.8, 4) is 11.5 Å². The normalized spacial score (nSPS) is 8.06. The van der Waals surface area contributed by atoms with E-state index in [4.69, 9.17) is 14.9 Å². The number of hydrogen-bond acceptors (Lipinski definition) is 3. The number of benzene rings is 2. The Morgan fingerprint density at radius 2 is 0.906 bits per heavy atom. The van der Waals surface area contributed by atoms with Crippen molar-refractivity contribution < 1.29 is 14.9 Å². The van der Waals surface area contributed by atoms with Gasteiger partial charge in [0.05, 0.1) is 6.10 Å². The Morgan fingerprint density at radius 1 is 0.625 bits per heavy atom. The van der Waals surface area contributed by atoms with Gasteiger partial charge in [0.2, 0.25) is 0 Å². The van der Waals surface area contributed by atoms with Crippen LogP contribution in [-0.2, 0) is 0 Å². The van der Waals surface area contributed by atoms with Gasteiger partial charge in [-0.05, 0) is 31.2 Å². The standard InChI is InChI=1S/C9H12O2.C6H6O.2C3H8.4C2H6/c1-8(10)7-11-9-5-3-2-4-6-9;7-6-4-2-1-3-5-6;2*1-3-2;4*1-2/h2-6,8,10H,7H2,1H3;1-5,7H;2*3H2,1-2H3;4*1-2H3. The number of aromatic hydroxyl groups is 1. The van der Waals surface area contributed by atoms with Gasteiger partial charge in [0.15, 0.2) is 0 Å². The van der Waals surface area contributed by atoms with Crippen LogP contribution in [0.4, 0.5) is 0 Å². The Labute approximate surface area is 202 Å². The average Bonchev–Trinajstić information content (AvgIpc) is 2.85. The molecule has 0 aliphatic carbocycles. The van der Waals surface area contributed by atoms with Crippen molar-refractivity contribution in [3.63, 3.8) is 0 Å². The molecule has 0 amide bonds. The smallest absolute Gasteiger partial charge is 0.119 e. The Balaban J connectivity index is -0.0000000699. The highest BCUT2D eigenvalue weighted by Gasteiger charge is 1.95. The first-order chi connectivity index (χ1) is 15.5. The summed E-state index contributed by atoms with van der Waals surface area (Å²) in [5.74, 6) is 1.12. The van der Waals surface area contributed by atoms with E-state index >= 15 is 0 Å². The molecular weight excluding hydrogens is 396 g/mol. The van der Waals surface area contributed by atoms with Gasteiger partial charge in [-0.15, -0.1) is 0 Å².